The molecule has 0 bridgehead atoms. The second-order valence-electron chi connectivity index (χ2n) is 5.88. The summed E-state index contributed by atoms with van der Waals surface area (Å²) in [5.74, 6) is 1.13. The van der Waals surface area contributed by atoms with Gasteiger partial charge in [-0.05, 0) is 37.0 Å². The number of hydrogen-bond donors (Lipinski definition) is 3. The Morgan fingerprint density at radius 1 is 1.30 bits per heavy atom. The van der Waals surface area contributed by atoms with Crippen LogP contribution in [0.4, 0.5) is 4.39 Å². The molecule has 0 saturated heterocycles. The van der Waals surface area contributed by atoms with Gasteiger partial charge in [-0.1, -0.05) is 19.1 Å². The van der Waals surface area contributed by atoms with Gasteiger partial charge < -0.3 is 16.0 Å². The van der Waals surface area contributed by atoms with Crippen molar-refractivity contribution >= 4 is 11.9 Å². The first-order valence-corrected chi connectivity index (χ1v) is 8.14. The van der Waals surface area contributed by atoms with Gasteiger partial charge in [-0.15, -0.1) is 0 Å². The third kappa shape index (κ3) is 6.26. The minimum Gasteiger partial charge on any atom is -0.357 e. The van der Waals surface area contributed by atoms with Crippen LogP contribution in [0.5, 0.6) is 0 Å². The first kappa shape index (κ1) is 17.2. The molecule has 0 heterocycles. The van der Waals surface area contributed by atoms with Gasteiger partial charge in [0, 0.05) is 19.1 Å². The van der Waals surface area contributed by atoms with E-state index in [1.165, 1.54) is 18.6 Å². The molecule has 0 radical (unpaired) electrons. The molecule has 0 spiro atoms. The molecule has 2 atom stereocenters. The molecular weight excluding hydrogens is 295 g/mol. The van der Waals surface area contributed by atoms with Crippen LogP contribution in [0.15, 0.2) is 29.3 Å². The summed E-state index contributed by atoms with van der Waals surface area (Å²) in [5, 5.41) is 9.39. The molecule has 23 heavy (non-hydrogen) atoms. The number of guanidine groups is 1. The average molecular weight is 320 g/mol. The number of amides is 1. The fourth-order valence-corrected chi connectivity index (χ4v) is 2.23. The maximum atomic E-state index is 12.8. The molecule has 1 saturated carbocycles. The Bertz CT molecular complexity index is 544. The predicted molar refractivity (Wildman–Crippen MR) is 89.8 cm³/mol. The molecule has 1 aliphatic rings. The molecular formula is C17H25FN4O. The van der Waals surface area contributed by atoms with Crippen LogP contribution in [0.1, 0.15) is 25.8 Å². The zero-order valence-corrected chi connectivity index (χ0v) is 13.7. The van der Waals surface area contributed by atoms with Crippen molar-refractivity contribution in [1.29, 1.82) is 0 Å². The van der Waals surface area contributed by atoms with Gasteiger partial charge in [-0.25, -0.2) is 4.39 Å². The maximum Gasteiger partial charge on any atom is 0.224 e. The molecule has 1 amide bonds. The van der Waals surface area contributed by atoms with E-state index in [0.717, 1.165) is 18.1 Å². The summed E-state index contributed by atoms with van der Waals surface area (Å²) in [6, 6.07) is 6.48. The van der Waals surface area contributed by atoms with Gasteiger partial charge in [0.2, 0.25) is 5.91 Å². The van der Waals surface area contributed by atoms with Crippen molar-refractivity contribution < 1.29 is 9.18 Å². The third-order valence-electron chi connectivity index (χ3n) is 3.76. The molecule has 6 heteroatoms. The van der Waals surface area contributed by atoms with Gasteiger partial charge in [-0.3, -0.25) is 9.79 Å². The number of rotatable bonds is 7. The van der Waals surface area contributed by atoms with Crippen molar-refractivity contribution in [2.75, 3.05) is 19.6 Å². The molecule has 2 rings (SSSR count). The zero-order valence-electron chi connectivity index (χ0n) is 13.7. The van der Waals surface area contributed by atoms with Gasteiger partial charge >= 0.3 is 0 Å². The van der Waals surface area contributed by atoms with Crippen LogP contribution in [0.3, 0.4) is 0 Å². The van der Waals surface area contributed by atoms with E-state index in [-0.39, 0.29) is 18.1 Å². The van der Waals surface area contributed by atoms with Crippen LogP contribution >= 0.6 is 0 Å². The van der Waals surface area contributed by atoms with E-state index < -0.39 is 0 Å². The molecule has 1 aromatic rings. The quantitative estimate of drug-likeness (QED) is 0.405. The van der Waals surface area contributed by atoms with Crippen LogP contribution in [-0.4, -0.2) is 37.5 Å². The standard InChI is InChI=1S/C17H25FN4O/c1-3-19-17(22-15-10-12(15)2)21-9-8-20-16(23)11-13-4-6-14(18)7-5-13/h4-7,12,15H,3,8-11H2,1-2H3,(H,20,23)(H2,19,21,22). The van der Waals surface area contributed by atoms with E-state index in [1.54, 1.807) is 12.1 Å². The molecule has 2 unspecified atom stereocenters. The second kappa shape index (κ2) is 8.50. The van der Waals surface area contributed by atoms with Crippen LogP contribution in [0, 0.1) is 11.7 Å². The van der Waals surface area contributed by atoms with E-state index in [4.69, 9.17) is 0 Å². The number of benzene rings is 1. The summed E-state index contributed by atoms with van der Waals surface area (Å²) < 4.78 is 12.8. The third-order valence-corrected chi connectivity index (χ3v) is 3.76. The Kier molecular flexibility index (Phi) is 6.38. The van der Waals surface area contributed by atoms with Crippen molar-refractivity contribution in [2.45, 2.75) is 32.7 Å². The molecule has 0 aromatic heterocycles. The van der Waals surface area contributed by atoms with Crippen molar-refractivity contribution in [1.82, 2.24) is 16.0 Å². The van der Waals surface area contributed by atoms with Gasteiger partial charge in [0.1, 0.15) is 5.82 Å². The maximum absolute atomic E-state index is 12.8. The second-order valence-corrected chi connectivity index (χ2v) is 5.88. The van der Waals surface area contributed by atoms with Gasteiger partial charge in [0.15, 0.2) is 5.96 Å². The van der Waals surface area contributed by atoms with Crippen molar-refractivity contribution in [2.24, 2.45) is 10.9 Å². The fourth-order valence-electron chi connectivity index (χ4n) is 2.23. The summed E-state index contributed by atoms with van der Waals surface area (Å²) >= 11 is 0. The van der Waals surface area contributed by atoms with Crippen LogP contribution in [0.25, 0.3) is 0 Å². The fraction of sp³-hybridized carbons (Fsp3) is 0.529. The van der Waals surface area contributed by atoms with Crippen molar-refractivity contribution in [3.8, 4) is 0 Å². The normalized spacial score (nSPS) is 20.0. The lowest BCUT2D eigenvalue weighted by atomic mass is 10.1. The Morgan fingerprint density at radius 2 is 2.00 bits per heavy atom. The first-order valence-electron chi connectivity index (χ1n) is 8.14. The summed E-state index contributed by atoms with van der Waals surface area (Å²) in [5.41, 5.74) is 0.796. The molecule has 3 N–H and O–H groups in total. The van der Waals surface area contributed by atoms with Gasteiger partial charge in [0.05, 0.1) is 13.0 Å². The molecule has 0 aliphatic heterocycles. The smallest absolute Gasteiger partial charge is 0.224 e. The largest absolute Gasteiger partial charge is 0.357 e. The first-order chi connectivity index (χ1) is 11.1. The molecule has 1 fully saturated rings. The summed E-state index contributed by atoms with van der Waals surface area (Å²) in [6.07, 6.45) is 1.43. The summed E-state index contributed by atoms with van der Waals surface area (Å²) in [7, 11) is 0. The Balaban J connectivity index is 1.68. The van der Waals surface area contributed by atoms with E-state index >= 15 is 0 Å². The lowest BCUT2D eigenvalue weighted by Gasteiger charge is -2.11. The lowest BCUT2D eigenvalue weighted by Crippen LogP contribution is -2.39. The number of aliphatic imine (C=N–C) groups is 1. The Labute approximate surface area is 136 Å². The highest BCUT2D eigenvalue weighted by atomic mass is 19.1. The SMILES string of the molecule is CCNC(=NCCNC(=O)Cc1ccc(F)cc1)NC1CC1C. The number of hydrogen-bond acceptors (Lipinski definition) is 2. The zero-order chi connectivity index (χ0) is 16.7. The van der Waals surface area contributed by atoms with E-state index in [1.807, 2.05) is 6.92 Å². The van der Waals surface area contributed by atoms with Gasteiger partial charge in [-0.2, -0.15) is 0 Å². The summed E-state index contributed by atoms with van der Waals surface area (Å²) in [6.45, 7) is 6.04. The highest BCUT2D eigenvalue weighted by molar-refractivity contribution is 5.80. The lowest BCUT2D eigenvalue weighted by molar-refractivity contribution is -0.120. The molecule has 126 valence electrons. The number of carbonyl (C=O) groups excluding carboxylic acids is 1. The highest BCUT2D eigenvalue weighted by Gasteiger charge is 2.33. The summed E-state index contributed by atoms with van der Waals surface area (Å²) in [4.78, 5) is 16.3. The molecule has 1 aliphatic carbocycles. The number of nitrogens with one attached hydrogen (secondary N) is 3. The van der Waals surface area contributed by atoms with E-state index in [9.17, 15) is 9.18 Å². The average Bonchev–Trinajstić information content (AvgIpc) is 3.21. The van der Waals surface area contributed by atoms with Crippen molar-refractivity contribution in [3.05, 3.63) is 35.6 Å². The van der Waals surface area contributed by atoms with Crippen LogP contribution in [-0.2, 0) is 11.2 Å². The number of nitrogens with zero attached hydrogens (tertiary/aromatic N) is 1. The highest BCUT2D eigenvalue weighted by Crippen LogP contribution is 2.28. The monoisotopic (exact) mass is 320 g/mol. The van der Waals surface area contributed by atoms with Crippen molar-refractivity contribution in [3.63, 3.8) is 0 Å². The number of carbonyl (C=O) groups is 1. The Morgan fingerprint density at radius 3 is 2.61 bits per heavy atom. The Hall–Kier alpha value is -2.11. The van der Waals surface area contributed by atoms with Crippen LogP contribution < -0.4 is 16.0 Å². The topological polar surface area (TPSA) is 65.5 Å². The minimum absolute atomic E-state index is 0.0828. The number of halogens is 1. The predicted octanol–water partition coefficient (Wildman–Crippen LogP) is 1.45. The van der Waals surface area contributed by atoms with E-state index in [2.05, 4.69) is 27.9 Å². The minimum atomic E-state index is -0.295. The van der Waals surface area contributed by atoms with Gasteiger partial charge in [0.25, 0.3) is 0 Å². The molecule has 5 nitrogen and oxygen atoms in total. The molecule has 1 aromatic carbocycles. The van der Waals surface area contributed by atoms with E-state index in [0.29, 0.717) is 25.0 Å². The van der Waals surface area contributed by atoms with Crippen LogP contribution in [0.2, 0.25) is 0 Å².